The number of carbonyl (C=O) groups is 2. The maximum Gasteiger partial charge on any atom is 0.472 e. The van der Waals surface area contributed by atoms with Gasteiger partial charge in [0.05, 0.1) is 6.61 Å². The number of rotatable bonds is 31. The molecule has 0 aromatic carbocycles. The number of carbonyl (C=O) groups excluding carboxylic acids is 2. The minimum atomic E-state index is -5.11. The summed E-state index contributed by atoms with van der Waals surface area (Å²) in [4.78, 5) is 35.4. The molecule has 0 aromatic rings. The average Bonchev–Trinajstić information content (AvgIpc) is 3.12. The molecule has 6 N–H and O–H groups in total. The van der Waals surface area contributed by atoms with E-state index in [-0.39, 0.29) is 12.8 Å². The highest BCUT2D eigenvalue weighted by molar-refractivity contribution is 7.47. The predicted molar refractivity (Wildman–Crippen MR) is 198 cm³/mol. The van der Waals surface area contributed by atoms with Crippen LogP contribution in [0.2, 0.25) is 0 Å². The van der Waals surface area contributed by atoms with Crippen molar-refractivity contribution in [2.24, 2.45) is 0 Å². The lowest BCUT2D eigenvalue weighted by Gasteiger charge is -2.41. The largest absolute Gasteiger partial charge is 0.472 e. The summed E-state index contributed by atoms with van der Waals surface area (Å²) in [5.41, 5.74) is 0. The molecule has 1 fully saturated rings. The van der Waals surface area contributed by atoms with Gasteiger partial charge in [-0.3, -0.25) is 18.6 Å². The molecule has 0 amide bonds. The molecule has 0 spiro atoms. The molecule has 0 bridgehead atoms. The first-order valence-corrected chi connectivity index (χ1v) is 21.1. The van der Waals surface area contributed by atoms with Crippen LogP contribution in [0.5, 0.6) is 0 Å². The van der Waals surface area contributed by atoms with E-state index in [1.807, 2.05) is 0 Å². The third kappa shape index (κ3) is 22.5. The van der Waals surface area contributed by atoms with E-state index >= 15 is 0 Å². The number of phosphoric ester groups is 1. The number of aliphatic hydroxyl groups is 5. The van der Waals surface area contributed by atoms with Crippen molar-refractivity contribution >= 4 is 19.8 Å². The summed E-state index contributed by atoms with van der Waals surface area (Å²) in [6.45, 7) is 3.18. The highest BCUT2D eigenvalue weighted by Crippen LogP contribution is 2.47. The van der Waals surface area contributed by atoms with Gasteiger partial charge in [0.2, 0.25) is 0 Å². The van der Waals surface area contributed by atoms with Crippen molar-refractivity contribution in [1.29, 1.82) is 0 Å². The molecule has 0 aromatic heterocycles. The second-order valence-corrected chi connectivity index (χ2v) is 15.2. The van der Waals surface area contributed by atoms with Crippen LogP contribution in [-0.4, -0.2) is 98.3 Å². The number of phosphoric acid groups is 1. The Morgan fingerprint density at radius 2 is 1.00 bits per heavy atom. The van der Waals surface area contributed by atoms with Crippen molar-refractivity contribution in [3.63, 3.8) is 0 Å². The number of hydrogen-bond donors (Lipinski definition) is 6. The molecule has 13 nitrogen and oxygen atoms in total. The van der Waals surface area contributed by atoms with E-state index in [0.29, 0.717) is 12.8 Å². The quantitative estimate of drug-likeness (QED) is 0.0204. The number of ether oxygens (including phenoxy) is 2. The normalized spacial score (nSPS) is 23.9. The average molecular weight is 765 g/mol. The minimum Gasteiger partial charge on any atom is -0.462 e. The first-order chi connectivity index (χ1) is 24.9. The molecule has 52 heavy (non-hydrogen) atoms. The van der Waals surface area contributed by atoms with E-state index in [0.717, 1.165) is 77.0 Å². The molecule has 14 heteroatoms. The van der Waals surface area contributed by atoms with Crippen molar-refractivity contribution < 1.29 is 63.1 Å². The minimum absolute atomic E-state index is 0.0852. The summed E-state index contributed by atoms with van der Waals surface area (Å²) in [6.07, 6.45) is 15.4. The van der Waals surface area contributed by atoms with Crippen LogP contribution in [0.15, 0.2) is 24.3 Å². The van der Waals surface area contributed by atoms with Gasteiger partial charge in [-0.05, 0) is 57.8 Å². The summed E-state index contributed by atoms with van der Waals surface area (Å²) in [5, 5.41) is 49.9. The summed E-state index contributed by atoms with van der Waals surface area (Å²) >= 11 is 0. The van der Waals surface area contributed by atoms with E-state index in [9.17, 15) is 44.6 Å². The van der Waals surface area contributed by atoms with E-state index in [4.69, 9.17) is 18.5 Å². The second-order valence-electron chi connectivity index (χ2n) is 13.8. The highest BCUT2D eigenvalue weighted by atomic mass is 31.2. The van der Waals surface area contributed by atoms with Gasteiger partial charge in [-0.2, -0.15) is 0 Å². The molecular formula is C38H69O13P. The molecule has 0 saturated heterocycles. The zero-order chi connectivity index (χ0) is 38.6. The molecular weight excluding hydrogens is 695 g/mol. The Kier molecular flexibility index (Phi) is 27.6. The number of unbranched alkanes of at least 4 members (excludes halogenated alkanes) is 15. The van der Waals surface area contributed by atoms with Crippen molar-refractivity contribution in [3.05, 3.63) is 24.3 Å². The predicted octanol–water partition coefficient (Wildman–Crippen LogP) is 6.11. The molecule has 1 saturated carbocycles. The van der Waals surface area contributed by atoms with Crippen LogP contribution in [0, 0.1) is 0 Å². The van der Waals surface area contributed by atoms with Crippen molar-refractivity contribution in [3.8, 4) is 0 Å². The van der Waals surface area contributed by atoms with E-state index < -0.39 is 75.7 Å². The van der Waals surface area contributed by atoms with Crippen LogP contribution < -0.4 is 0 Å². The van der Waals surface area contributed by atoms with Crippen LogP contribution in [0.3, 0.4) is 0 Å². The molecule has 0 radical (unpaired) electrons. The number of esters is 2. The van der Waals surface area contributed by atoms with Gasteiger partial charge in [0, 0.05) is 12.8 Å². The monoisotopic (exact) mass is 764 g/mol. The second kappa shape index (κ2) is 29.7. The Balaban J connectivity index is 2.55. The zero-order valence-corrected chi connectivity index (χ0v) is 32.5. The first-order valence-electron chi connectivity index (χ1n) is 19.6. The Bertz CT molecular complexity index is 1020. The maximum absolute atomic E-state index is 12.7. The van der Waals surface area contributed by atoms with Gasteiger partial charge in [0.15, 0.2) is 6.10 Å². The van der Waals surface area contributed by atoms with E-state index in [2.05, 4.69) is 38.2 Å². The number of hydrogen-bond acceptors (Lipinski definition) is 12. The van der Waals surface area contributed by atoms with Crippen molar-refractivity contribution in [1.82, 2.24) is 0 Å². The third-order valence-electron chi connectivity index (χ3n) is 9.02. The number of allylic oxidation sites excluding steroid dienone is 4. The molecule has 0 heterocycles. The van der Waals surface area contributed by atoms with Crippen LogP contribution >= 0.6 is 7.82 Å². The van der Waals surface area contributed by atoms with Crippen LogP contribution in [0.1, 0.15) is 149 Å². The molecule has 1 aliphatic rings. The van der Waals surface area contributed by atoms with E-state index in [1.165, 1.54) is 32.1 Å². The summed E-state index contributed by atoms with van der Waals surface area (Å²) in [6, 6.07) is 0. The van der Waals surface area contributed by atoms with Gasteiger partial charge < -0.3 is 39.9 Å². The molecule has 0 aliphatic heterocycles. The summed E-state index contributed by atoms with van der Waals surface area (Å²) < 4.78 is 33.3. The first kappa shape index (κ1) is 48.3. The van der Waals surface area contributed by atoms with Crippen molar-refractivity contribution in [2.45, 2.75) is 191 Å². The van der Waals surface area contributed by atoms with Gasteiger partial charge in [-0.1, -0.05) is 102 Å². The van der Waals surface area contributed by atoms with Gasteiger partial charge in [0.1, 0.15) is 43.2 Å². The van der Waals surface area contributed by atoms with Gasteiger partial charge in [-0.25, -0.2) is 4.57 Å². The Morgan fingerprint density at radius 3 is 1.52 bits per heavy atom. The Labute approximate surface area is 311 Å². The maximum atomic E-state index is 12.7. The fourth-order valence-corrected chi connectivity index (χ4v) is 6.70. The van der Waals surface area contributed by atoms with Gasteiger partial charge in [-0.15, -0.1) is 0 Å². The van der Waals surface area contributed by atoms with Crippen molar-refractivity contribution in [2.75, 3.05) is 13.2 Å². The lowest BCUT2D eigenvalue weighted by atomic mass is 9.85. The molecule has 6 unspecified atom stereocenters. The fourth-order valence-electron chi connectivity index (χ4n) is 5.73. The lowest BCUT2D eigenvalue weighted by molar-refractivity contribution is -0.220. The fraction of sp³-hybridized carbons (Fsp3) is 0.842. The van der Waals surface area contributed by atoms with Crippen LogP contribution in [0.4, 0.5) is 0 Å². The smallest absolute Gasteiger partial charge is 0.462 e. The standard InChI is InChI=1S/C38H69O13P/c1-3-5-7-9-11-13-15-17-18-20-22-24-26-31(39)48-28-30(50-32(40)27-25-23-21-19-16-14-12-10-8-6-4-2)29-49-52(46,47)51-38-36(44)34(42)33(41)35(43)37(38)45/h10-13,30,33-38,41-45H,3-9,14-29H2,1-2H3,(H,46,47)/b12-10-,13-11-/t30-,33?,34-,35?,36?,37?,38?/m1/s1. The SMILES string of the molecule is CCCC/C=C\CCCCCCCC(=O)O[C@H](COC(=O)CCCCCCC/C=C\CCCCC)COP(=O)(O)OC1C(O)C(O)C(O)[C@@H](O)C1O. The highest BCUT2D eigenvalue weighted by Gasteiger charge is 2.51. The third-order valence-corrected chi connectivity index (χ3v) is 10.0. The van der Waals surface area contributed by atoms with Crippen LogP contribution in [0.25, 0.3) is 0 Å². The molecule has 304 valence electrons. The van der Waals surface area contributed by atoms with Crippen LogP contribution in [-0.2, 0) is 32.7 Å². The van der Waals surface area contributed by atoms with Gasteiger partial charge >= 0.3 is 19.8 Å². The topological polar surface area (TPSA) is 210 Å². The van der Waals surface area contributed by atoms with E-state index in [1.54, 1.807) is 0 Å². The molecule has 1 aliphatic carbocycles. The Hall–Kier alpha value is -1.67. The van der Waals surface area contributed by atoms with Gasteiger partial charge in [0.25, 0.3) is 0 Å². The summed E-state index contributed by atoms with van der Waals surface area (Å²) in [7, 11) is -5.11. The zero-order valence-electron chi connectivity index (χ0n) is 31.6. The number of aliphatic hydroxyl groups excluding tert-OH is 5. The molecule has 1 rings (SSSR count). The summed E-state index contributed by atoms with van der Waals surface area (Å²) in [5.74, 6) is -1.12. The Morgan fingerprint density at radius 1 is 0.577 bits per heavy atom. The molecule has 8 atom stereocenters. The lowest BCUT2D eigenvalue weighted by Crippen LogP contribution is -2.64.